The molecule has 2 aromatic heterocycles. The standard InChI is InChI=1S/C14H10BrN3O2S/c15-9-5-10(21-8-9)6-17-14-11-3-1-2-4-12(11)16-7-13(14)18(19)20/h1-5,7-8H,6H2,(H,16,17). The average molecular weight is 364 g/mol. The maximum atomic E-state index is 11.2. The van der Waals surface area contributed by atoms with Gasteiger partial charge in [0.2, 0.25) is 0 Å². The molecule has 0 amide bonds. The fraction of sp³-hybridized carbons (Fsp3) is 0.0714. The van der Waals surface area contributed by atoms with Crippen LogP contribution in [0.25, 0.3) is 10.9 Å². The molecule has 0 fully saturated rings. The van der Waals surface area contributed by atoms with Crippen molar-refractivity contribution in [3.63, 3.8) is 0 Å². The van der Waals surface area contributed by atoms with Gasteiger partial charge in [0.25, 0.3) is 0 Å². The highest BCUT2D eigenvalue weighted by atomic mass is 79.9. The van der Waals surface area contributed by atoms with Crippen LogP contribution in [0.1, 0.15) is 4.88 Å². The molecule has 0 unspecified atom stereocenters. The molecule has 0 radical (unpaired) electrons. The molecule has 3 rings (SSSR count). The van der Waals surface area contributed by atoms with Gasteiger partial charge in [0, 0.05) is 26.7 Å². The number of benzene rings is 1. The zero-order valence-electron chi connectivity index (χ0n) is 10.7. The highest BCUT2D eigenvalue weighted by Crippen LogP contribution is 2.32. The lowest BCUT2D eigenvalue weighted by molar-refractivity contribution is -0.384. The summed E-state index contributed by atoms with van der Waals surface area (Å²) in [6.07, 6.45) is 1.30. The number of para-hydroxylation sites is 1. The third-order valence-corrected chi connectivity index (χ3v) is 4.71. The largest absolute Gasteiger partial charge is 0.374 e. The lowest BCUT2D eigenvalue weighted by atomic mass is 10.1. The van der Waals surface area contributed by atoms with Crippen LogP contribution in [-0.4, -0.2) is 9.91 Å². The van der Waals surface area contributed by atoms with E-state index in [1.807, 2.05) is 35.7 Å². The number of nitrogens with zero attached hydrogens (tertiary/aromatic N) is 2. The molecule has 0 atom stereocenters. The predicted octanol–water partition coefficient (Wildman–Crippen LogP) is 4.58. The van der Waals surface area contributed by atoms with Gasteiger partial charge in [0.05, 0.1) is 10.4 Å². The maximum Gasteiger partial charge on any atom is 0.311 e. The lowest BCUT2D eigenvalue weighted by Gasteiger charge is -2.09. The van der Waals surface area contributed by atoms with Crippen molar-refractivity contribution < 1.29 is 4.92 Å². The number of anilines is 1. The molecule has 0 aliphatic heterocycles. The van der Waals surface area contributed by atoms with Crippen molar-refractivity contribution in [2.45, 2.75) is 6.54 Å². The van der Waals surface area contributed by atoms with Crippen molar-refractivity contribution in [1.82, 2.24) is 4.98 Å². The number of thiophene rings is 1. The number of nitrogens with one attached hydrogen (secondary N) is 1. The van der Waals surface area contributed by atoms with E-state index in [0.29, 0.717) is 12.2 Å². The molecule has 7 heteroatoms. The van der Waals surface area contributed by atoms with E-state index in [1.165, 1.54) is 6.20 Å². The Morgan fingerprint density at radius 3 is 2.90 bits per heavy atom. The van der Waals surface area contributed by atoms with Gasteiger partial charge in [-0.3, -0.25) is 10.1 Å². The molecule has 0 spiro atoms. The van der Waals surface area contributed by atoms with Crippen LogP contribution in [0.5, 0.6) is 0 Å². The van der Waals surface area contributed by atoms with Gasteiger partial charge in [-0.15, -0.1) is 11.3 Å². The first-order valence-corrected chi connectivity index (χ1v) is 7.81. The number of pyridine rings is 1. The summed E-state index contributed by atoms with van der Waals surface area (Å²) in [4.78, 5) is 16.0. The SMILES string of the molecule is O=[N+]([O-])c1cnc2ccccc2c1NCc1cc(Br)cs1. The molecule has 106 valence electrons. The summed E-state index contributed by atoms with van der Waals surface area (Å²) >= 11 is 4.99. The monoisotopic (exact) mass is 363 g/mol. The number of hydrogen-bond acceptors (Lipinski definition) is 5. The summed E-state index contributed by atoms with van der Waals surface area (Å²) < 4.78 is 1.01. The highest BCUT2D eigenvalue weighted by molar-refractivity contribution is 9.10. The van der Waals surface area contributed by atoms with Crippen LogP contribution in [0, 0.1) is 10.1 Å². The third kappa shape index (κ3) is 2.88. The molecule has 5 nitrogen and oxygen atoms in total. The molecule has 21 heavy (non-hydrogen) atoms. The molecule has 0 aliphatic rings. The second-order valence-corrected chi connectivity index (χ2v) is 6.29. The predicted molar refractivity (Wildman–Crippen MR) is 87.7 cm³/mol. The van der Waals surface area contributed by atoms with E-state index in [2.05, 4.69) is 26.2 Å². The molecule has 2 heterocycles. The van der Waals surface area contributed by atoms with Crippen LogP contribution in [0.15, 0.2) is 46.4 Å². The van der Waals surface area contributed by atoms with Gasteiger partial charge < -0.3 is 5.32 Å². The Hall–Kier alpha value is -1.99. The Balaban J connectivity index is 2.01. The van der Waals surface area contributed by atoms with Gasteiger partial charge in [-0.2, -0.15) is 0 Å². The minimum Gasteiger partial charge on any atom is -0.374 e. The highest BCUT2D eigenvalue weighted by Gasteiger charge is 2.17. The second kappa shape index (κ2) is 5.79. The Morgan fingerprint density at radius 2 is 2.19 bits per heavy atom. The van der Waals surface area contributed by atoms with Crippen LogP contribution < -0.4 is 5.32 Å². The summed E-state index contributed by atoms with van der Waals surface area (Å²) in [7, 11) is 0. The molecular formula is C14H10BrN3O2S. The van der Waals surface area contributed by atoms with Gasteiger partial charge in [0.15, 0.2) is 0 Å². The van der Waals surface area contributed by atoms with E-state index in [-0.39, 0.29) is 5.69 Å². The van der Waals surface area contributed by atoms with Crippen LogP contribution in [0.4, 0.5) is 11.4 Å². The van der Waals surface area contributed by atoms with Crippen LogP contribution in [-0.2, 0) is 6.54 Å². The van der Waals surface area contributed by atoms with E-state index in [0.717, 1.165) is 20.3 Å². The third-order valence-electron chi connectivity index (χ3n) is 3.01. The lowest BCUT2D eigenvalue weighted by Crippen LogP contribution is -2.03. The number of aromatic nitrogens is 1. The Kier molecular flexibility index (Phi) is 3.85. The average Bonchev–Trinajstić information content (AvgIpc) is 2.90. The van der Waals surface area contributed by atoms with Crippen molar-refractivity contribution in [3.05, 3.63) is 61.4 Å². The number of halogens is 1. The second-order valence-electron chi connectivity index (χ2n) is 4.38. The smallest absolute Gasteiger partial charge is 0.311 e. The Labute approximate surface area is 132 Å². The fourth-order valence-electron chi connectivity index (χ4n) is 2.08. The quantitative estimate of drug-likeness (QED) is 0.544. The first-order chi connectivity index (χ1) is 10.1. The summed E-state index contributed by atoms with van der Waals surface area (Å²) in [6.45, 7) is 0.533. The Bertz CT molecular complexity index is 819. The molecule has 1 N–H and O–H groups in total. The first kappa shape index (κ1) is 14.0. The van der Waals surface area contributed by atoms with Crippen molar-refractivity contribution >= 4 is 49.5 Å². The van der Waals surface area contributed by atoms with E-state index in [1.54, 1.807) is 11.3 Å². The fourth-order valence-corrected chi connectivity index (χ4v) is 3.47. The van der Waals surface area contributed by atoms with Crippen molar-refractivity contribution in [1.29, 1.82) is 0 Å². The zero-order chi connectivity index (χ0) is 14.8. The Morgan fingerprint density at radius 1 is 1.38 bits per heavy atom. The normalized spacial score (nSPS) is 10.7. The van der Waals surface area contributed by atoms with E-state index < -0.39 is 4.92 Å². The molecule has 0 saturated carbocycles. The molecule has 0 aliphatic carbocycles. The zero-order valence-corrected chi connectivity index (χ0v) is 13.1. The number of nitro groups is 1. The van der Waals surface area contributed by atoms with E-state index >= 15 is 0 Å². The summed E-state index contributed by atoms with van der Waals surface area (Å²) in [5, 5.41) is 17.1. The van der Waals surface area contributed by atoms with E-state index in [4.69, 9.17) is 0 Å². The summed E-state index contributed by atoms with van der Waals surface area (Å²) in [5.41, 5.74) is 1.23. The van der Waals surface area contributed by atoms with Crippen LogP contribution in [0.2, 0.25) is 0 Å². The molecular weight excluding hydrogens is 354 g/mol. The number of hydrogen-bond donors (Lipinski definition) is 1. The number of fused-ring (bicyclic) bond motifs is 1. The van der Waals surface area contributed by atoms with E-state index in [9.17, 15) is 10.1 Å². The summed E-state index contributed by atoms with van der Waals surface area (Å²) in [5.74, 6) is 0. The molecule has 0 saturated heterocycles. The number of rotatable bonds is 4. The molecule has 0 bridgehead atoms. The summed E-state index contributed by atoms with van der Waals surface area (Å²) in [6, 6.07) is 9.38. The van der Waals surface area contributed by atoms with Crippen molar-refractivity contribution in [2.75, 3.05) is 5.32 Å². The van der Waals surface area contributed by atoms with Gasteiger partial charge in [-0.25, -0.2) is 4.98 Å². The minimum atomic E-state index is -0.411. The van der Waals surface area contributed by atoms with Crippen molar-refractivity contribution in [2.24, 2.45) is 0 Å². The maximum absolute atomic E-state index is 11.2. The first-order valence-electron chi connectivity index (χ1n) is 6.14. The van der Waals surface area contributed by atoms with Gasteiger partial charge in [0.1, 0.15) is 11.9 Å². The topological polar surface area (TPSA) is 68.1 Å². The van der Waals surface area contributed by atoms with Crippen LogP contribution >= 0.6 is 27.3 Å². The van der Waals surface area contributed by atoms with Gasteiger partial charge in [-0.05, 0) is 28.1 Å². The van der Waals surface area contributed by atoms with Gasteiger partial charge in [-0.1, -0.05) is 18.2 Å². The van der Waals surface area contributed by atoms with Crippen LogP contribution in [0.3, 0.4) is 0 Å². The van der Waals surface area contributed by atoms with Crippen molar-refractivity contribution in [3.8, 4) is 0 Å². The molecule has 1 aromatic carbocycles. The van der Waals surface area contributed by atoms with Gasteiger partial charge >= 0.3 is 5.69 Å². The molecule has 3 aromatic rings. The minimum absolute atomic E-state index is 0.00989.